The van der Waals surface area contributed by atoms with Crippen LogP contribution in [0.1, 0.15) is 64.7 Å². The van der Waals surface area contributed by atoms with Gasteiger partial charge >= 0.3 is 0 Å². The number of nitroso groups, excluding NO2 is 1. The van der Waals surface area contributed by atoms with Gasteiger partial charge in [0.1, 0.15) is 0 Å². The molecule has 0 rings (SSSR count). The third-order valence-electron chi connectivity index (χ3n) is 3.07. The van der Waals surface area contributed by atoms with Crippen molar-refractivity contribution in [3.8, 4) is 6.07 Å². The molecule has 1 atom stereocenters. The van der Waals surface area contributed by atoms with Crippen molar-refractivity contribution < 1.29 is 0 Å². The minimum atomic E-state index is 0.000606. The minimum Gasteiger partial charge on any atom is -0.198 e. The topological polar surface area (TPSA) is 53.2 Å². The molecule has 0 aromatic heterocycles. The Hall–Kier alpha value is -1.17. The summed E-state index contributed by atoms with van der Waals surface area (Å²) in [6.07, 6.45) is 14.5. The maximum atomic E-state index is 9.98. The second-order valence-electron chi connectivity index (χ2n) is 4.72. The van der Waals surface area contributed by atoms with Crippen molar-refractivity contribution in [2.45, 2.75) is 64.7 Å². The Morgan fingerprint density at radius 3 is 2.44 bits per heavy atom. The molecule has 3 heteroatoms. The molecule has 1 unspecified atom stereocenters. The van der Waals surface area contributed by atoms with Crippen LogP contribution in [0.25, 0.3) is 0 Å². The van der Waals surface area contributed by atoms with Gasteiger partial charge in [0, 0.05) is 5.92 Å². The van der Waals surface area contributed by atoms with Crippen LogP contribution in [0.2, 0.25) is 0 Å². The second kappa shape index (κ2) is 13.9. The third kappa shape index (κ3) is 11.3. The maximum absolute atomic E-state index is 9.98. The average molecular weight is 250 g/mol. The van der Waals surface area contributed by atoms with Crippen LogP contribution in [0.5, 0.6) is 0 Å². The molecular formula is C15H26N2O. The summed E-state index contributed by atoms with van der Waals surface area (Å²) in [6.45, 7) is 2.49. The molecule has 0 radical (unpaired) electrons. The molecular weight excluding hydrogens is 224 g/mol. The lowest BCUT2D eigenvalue weighted by Crippen LogP contribution is -1.98. The van der Waals surface area contributed by atoms with Gasteiger partial charge in [0.05, 0.1) is 12.6 Å². The van der Waals surface area contributed by atoms with Gasteiger partial charge in [0.15, 0.2) is 0 Å². The Morgan fingerprint density at radius 2 is 1.83 bits per heavy atom. The number of unbranched alkanes of at least 4 members (excludes halogenated alkanes) is 5. The summed E-state index contributed by atoms with van der Waals surface area (Å²) in [5, 5.41) is 11.7. The largest absolute Gasteiger partial charge is 0.198 e. The van der Waals surface area contributed by atoms with Gasteiger partial charge in [0.2, 0.25) is 0 Å². The Kier molecular flexibility index (Phi) is 13.0. The standard InChI is InChI=1S/C15H26N2O/c1-2-3-4-5-6-7-8-9-10-11-15(14-16)12-13-17-18/h7-8,15H,2-6,9-13H2,1H3/b8-7+. The lowest BCUT2D eigenvalue weighted by atomic mass is 10.00. The molecule has 3 nitrogen and oxygen atoms in total. The summed E-state index contributed by atoms with van der Waals surface area (Å²) in [4.78, 5) is 9.98. The van der Waals surface area contributed by atoms with Gasteiger partial charge < -0.3 is 0 Å². The SMILES string of the molecule is CCCCCC/C=C/CCCC(C#N)CCN=O. The maximum Gasteiger partial charge on any atom is 0.0823 e. The monoisotopic (exact) mass is 250 g/mol. The fourth-order valence-corrected chi connectivity index (χ4v) is 1.89. The van der Waals surface area contributed by atoms with E-state index < -0.39 is 0 Å². The van der Waals surface area contributed by atoms with Crippen LogP contribution in [0.4, 0.5) is 0 Å². The minimum absolute atomic E-state index is 0.000606. The average Bonchev–Trinajstić information content (AvgIpc) is 2.40. The molecule has 0 aliphatic heterocycles. The van der Waals surface area contributed by atoms with Crippen LogP contribution >= 0.6 is 0 Å². The van der Waals surface area contributed by atoms with Gasteiger partial charge in [-0.3, -0.25) is 0 Å². The van der Waals surface area contributed by atoms with E-state index in [9.17, 15) is 4.91 Å². The second-order valence-corrected chi connectivity index (χ2v) is 4.72. The molecule has 0 aromatic carbocycles. The highest BCUT2D eigenvalue weighted by atomic mass is 16.3. The van der Waals surface area contributed by atoms with E-state index >= 15 is 0 Å². The molecule has 0 aromatic rings. The predicted molar refractivity (Wildman–Crippen MR) is 76.1 cm³/mol. The highest BCUT2D eigenvalue weighted by Gasteiger charge is 2.05. The lowest BCUT2D eigenvalue weighted by Gasteiger charge is -2.04. The zero-order valence-electron chi connectivity index (χ0n) is 11.6. The Bertz CT molecular complexity index is 256. The van der Waals surface area contributed by atoms with Crippen LogP contribution in [-0.2, 0) is 0 Å². The van der Waals surface area contributed by atoms with E-state index in [1.54, 1.807) is 0 Å². The van der Waals surface area contributed by atoms with Crippen molar-refractivity contribution in [2.24, 2.45) is 11.1 Å². The molecule has 0 N–H and O–H groups in total. The molecule has 0 saturated carbocycles. The van der Waals surface area contributed by atoms with Gasteiger partial charge in [-0.25, -0.2) is 0 Å². The molecule has 18 heavy (non-hydrogen) atoms. The number of allylic oxidation sites excluding steroid dienone is 2. The number of hydrogen-bond donors (Lipinski definition) is 0. The van der Waals surface area contributed by atoms with Crippen molar-refractivity contribution in [3.63, 3.8) is 0 Å². The number of hydrogen-bond acceptors (Lipinski definition) is 3. The van der Waals surface area contributed by atoms with Gasteiger partial charge in [-0.1, -0.05) is 43.5 Å². The van der Waals surface area contributed by atoms with E-state index in [1.807, 2.05) is 0 Å². The normalized spacial score (nSPS) is 12.4. The molecule has 0 amide bonds. The van der Waals surface area contributed by atoms with E-state index in [-0.39, 0.29) is 12.5 Å². The first-order valence-electron chi connectivity index (χ1n) is 7.18. The molecule has 0 bridgehead atoms. The third-order valence-corrected chi connectivity index (χ3v) is 3.07. The van der Waals surface area contributed by atoms with Gasteiger partial charge in [-0.05, 0) is 38.5 Å². The smallest absolute Gasteiger partial charge is 0.0823 e. The quantitative estimate of drug-likeness (QED) is 0.278. The van der Waals surface area contributed by atoms with Crippen LogP contribution in [0.15, 0.2) is 17.3 Å². The van der Waals surface area contributed by atoms with Crippen LogP contribution < -0.4 is 0 Å². The first kappa shape index (κ1) is 16.8. The fourth-order valence-electron chi connectivity index (χ4n) is 1.89. The Morgan fingerprint density at radius 1 is 1.11 bits per heavy atom. The van der Waals surface area contributed by atoms with E-state index in [4.69, 9.17) is 5.26 Å². The summed E-state index contributed by atoms with van der Waals surface area (Å²) >= 11 is 0. The molecule has 0 aliphatic carbocycles. The summed E-state index contributed by atoms with van der Waals surface area (Å²) in [7, 11) is 0. The first-order chi connectivity index (χ1) is 8.85. The summed E-state index contributed by atoms with van der Waals surface area (Å²) in [5.41, 5.74) is 0. The zero-order chi connectivity index (χ0) is 13.5. The fraction of sp³-hybridized carbons (Fsp3) is 0.800. The van der Waals surface area contributed by atoms with Gasteiger partial charge in [-0.2, -0.15) is 10.2 Å². The highest BCUT2D eigenvalue weighted by Crippen LogP contribution is 2.12. The number of nitrogens with zero attached hydrogens (tertiary/aromatic N) is 2. The lowest BCUT2D eigenvalue weighted by molar-refractivity contribution is 0.542. The van der Waals surface area contributed by atoms with Crippen molar-refractivity contribution in [1.82, 2.24) is 0 Å². The predicted octanol–water partition coefficient (Wildman–Crippen LogP) is 4.98. The molecule has 0 saturated heterocycles. The van der Waals surface area contributed by atoms with E-state index in [1.165, 1.54) is 32.1 Å². The summed E-state index contributed by atoms with van der Waals surface area (Å²) in [6, 6.07) is 2.24. The Balaban J connectivity index is 3.39. The molecule has 0 aliphatic rings. The molecule has 102 valence electrons. The van der Waals surface area contributed by atoms with Crippen LogP contribution in [0.3, 0.4) is 0 Å². The summed E-state index contributed by atoms with van der Waals surface area (Å²) < 4.78 is 0. The number of rotatable bonds is 12. The van der Waals surface area contributed by atoms with Crippen molar-refractivity contribution in [2.75, 3.05) is 6.54 Å². The van der Waals surface area contributed by atoms with E-state index in [2.05, 4.69) is 30.3 Å². The number of nitriles is 1. The Labute approximate surface area is 111 Å². The summed E-state index contributed by atoms with van der Waals surface area (Å²) in [5.74, 6) is 0.000606. The molecule has 0 spiro atoms. The van der Waals surface area contributed by atoms with E-state index in [0.29, 0.717) is 6.42 Å². The highest BCUT2D eigenvalue weighted by molar-refractivity contribution is 4.85. The molecule has 0 fully saturated rings. The van der Waals surface area contributed by atoms with Crippen molar-refractivity contribution in [1.29, 1.82) is 5.26 Å². The van der Waals surface area contributed by atoms with Crippen LogP contribution in [-0.4, -0.2) is 6.54 Å². The van der Waals surface area contributed by atoms with Crippen LogP contribution in [0, 0.1) is 22.2 Å². The zero-order valence-corrected chi connectivity index (χ0v) is 11.6. The van der Waals surface area contributed by atoms with Crippen molar-refractivity contribution in [3.05, 3.63) is 17.1 Å². The molecule has 0 heterocycles. The van der Waals surface area contributed by atoms with E-state index in [0.717, 1.165) is 19.3 Å². The van der Waals surface area contributed by atoms with Gasteiger partial charge in [0.25, 0.3) is 0 Å². The van der Waals surface area contributed by atoms with Gasteiger partial charge in [-0.15, -0.1) is 0 Å². The van der Waals surface area contributed by atoms with Crippen molar-refractivity contribution >= 4 is 0 Å². The first-order valence-corrected chi connectivity index (χ1v) is 7.18.